The molecule has 0 aliphatic rings. The first-order chi connectivity index (χ1) is 9.15. The van der Waals surface area contributed by atoms with Gasteiger partial charge in [0.25, 0.3) is 0 Å². The van der Waals surface area contributed by atoms with E-state index in [4.69, 9.17) is 10.5 Å². The molecule has 0 amide bonds. The molecular formula is C16H18FNO. The van der Waals surface area contributed by atoms with Crippen molar-refractivity contribution < 1.29 is 9.13 Å². The molecule has 0 fully saturated rings. The van der Waals surface area contributed by atoms with Gasteiger partial charge in [-0.3, -0.25) is 0 Å². The lowest BCUT2D eigenvalue weighted by molar-refractivity contribution is 0.298. The Morgan fingerprint density at radius 1 is 1.16 bits per heavy atom. The van der Waals surface area contributed by atoms with Gasteiger partial charge < -0.3 is 10.5 Å². The summed E-state index contributed by atoms with van der Waals surface area (Å²) in [6.45, 7) is 2.57. The second-order valence-corrected chi connectivity index (χ2v) is 4.61. The van der Waals surface area contributed by atoms with Gasteiger partial charge in [0.2, 0.25) is 0 Å². The Hall–Kier alpha value is -1.87. The number of rotatable bonds is 5. The normalized spacial score (nSPS) is 12.2. The molecule has 0 aliphatic heterocycles. The molecule has 0 saturated heterocycles. The van der Waals surface area contributed by atoms with Crippen LogP contribution in [0.2, 0.25) is 0 Å². The van der Waals surface area contributed by atoms with Crippen LogP contribution in [0.3, 0.4) is 0 Å². The summed E-state index contributed by atoms with van der Waals surface area (Å²) >= 11 is 0. The lowest BCUT2D eigenvalue weighted by atomic mass is 10.1. The molecule has 2 nitrogen and oxygen atoms in total. The van der Waals surface area contributed by atoms with Gasteiger partial charge in [0.15, 0.2) is 0 Å². The van der Waals surface area contributed by atoms with Gasteiger partial charge in [0.05, 0.1) is 6.61 Å². The molecule has 3 heteroatoms. The van der Waals surface area contributed by atoms with Gasteiger partial charge in [-0.2, -0.15) is 0 Å². The second-order valence-electron chi connectivity index (χ2n) is 4.61. The maximum atomic E-state index is 12.8. The molecule has 100 valence electrons. The van der Waals surface area contributed by atoms with Crippen LogP contribution in [-0.2, 0) is 0 Å². The van der Waals surface area contributed by atoms with Crippen LogP contribution in [0.5, 0.6) is 5.75 Å². The van der Waals surface area contributed by atoms with E-state index >= 15 is 0 Å². The first-order valence-electron chi connectivity index (χ1n) is 6.35. The quantitative estimate of drug-likeness (QED) is 0.890. The minimum absolute atomic E-state index is 0.134. The predicted molar refractivity (Wildman–Crippen MR) is 74.6 cm³/mol. The molecular weight excluding hydrogens is 241 g/mol. The first-order valence-corrected chi connectivity index (χ1v) is 6.35. The minimum atomic E-state index is -0.244. The molecule has 1 atom stereocenters. The number of benzene rings is 2. The van der Waals surface area contributed by atoms with Crippen LogP contribution < -0.4 is 10.5 Å². The molecule has 0 aliphatic carbocycles. The van der Waals surface area contributed by atoms with Gasteiger partial charge in [0, 0.05) is 12.5 Å². The van der Waals surface area contributed by atoms with E-state index in [1.165, 1.54) is 17.7 Å². The van der Waals surface area contributed by atoms with Gasteiger partial charge in [-0.15, -0.1) is 0 Å². The highest BCUT2D eigenvalue weighted by Crippen LogP contribution is 2.17. The lowest BCUT2D eigenvalue weighted by Gasteiger charge is -2.13. The maximum absolute atomic E-state index is 12.8. The van der Waals surface area contributed by atoms with Gasteiger partial charge >= 0.3 is 0 Å². The van der Waals surface area contributed by atoms with E-state index in [0.29, 0.717) is 13.0 Å². The van der Waals surface area contributed by atoms with Crippen LogP contribution in [0.25, 0.3) is 0 Å². The smallest absolute Gasteiger partial charge is 0.123 e. The number of ether oxygens (including phenoxy) is 1. The standard InChI is InChI=1S/C16H18FNO/c1-12-3-2-4-15(11-12)19-10-9-16(18)13-5-7-14(17)8-6-13/h2-8,11,16H,9-10,18H2,1H3. The Labute approximate surface area is 113 Å². The molecule has 0 radical (unpaired) electrons. The number of halogens is 1. The van der Waals surface area contributed by atoms with Crippen molar-refractivity contribution in [2.45, 2.75) is 19.4 Å². The Morgan fingerprint density at radius 2 is 1.89 bits per heavy atom. The van der Waals surface area contributed by atoms with Crippen molar-refractivity contribution >= 4 is 0 Å². The van der Waals surface area contributed by atoms with E-state index < -0.39 is 0 Å². The summed E-state index contributed by atoms with van der Waals surface area (Å²) in [6, 6.07) is 14.1. The maximum Gasteiger partial charge on any atom is 0.123 e. The number of hydrogen-bond donors (Lipinski definition) is 1. The van der Waals surface area contributed by atoms with Gasteiger partial charge in [-0.05, 0) is 42.3 Å². The van der Waals surface area contributed by atoms with E-state index in [1.54, 1.807) is 12.1 Å². The van der Waals surface area contributed by atoms with Crippen LogP contribution in [0, 0.1) is 12.7 Å². The molecule has 2 N–H and O–H groups in total. The average Bonchev–Trinajstić information content (AvgIpc) is 2.39. The minimum Gasteiger partial charge on any atom is -0.494 e. The zero-order valence-corrected chi connectivity index (χ0v) is 11.0. The zero-order chi connectivity index (χ0) is 13.7. The molecule has 2 rings (SSSR count). The van der Waals surface area contributed by atoms with Crippen molar-refractivity contribution in [1.82, 2.24) is 0 Å². The van der Waals surface area contributed by atoms with Crippen molar-refractivity contribution in [3.63, 3.8) is 0 Å². The number of aryl methyl sites for hydroxylation is 1. The number of nitrogens with two attached hydrogens (primary N) is 1. The zero-order valence-electron chi connectivity index (χ0n) is 11.0. The van der Waals surface area contributed by atoms with Crippen LogP contribution in [-0.4, -0.2) is 6.61 Å². The van der Waals surface area contributed by atoms with Gasteiger partial charge in [0.1, 0.15) is 11.6 Å². The average molecular weight is 259 g/mol. The van der Waals surface area contributed by atoms with E-state index in [2.05, 4.69) is 0 Å². The van der Waals surface area contributed by atoms with Crippen molar-refractivity contribution in [1.29, 1.82) is 0 Å². The second kappa shape index (κ2) is 6.34. The molecule has 2 aromatic rings. The molecule has 0 saturated carbocycles. The third-order valence-corrected chi connectivity index (χ3v) is 2.99. The van der Waals surface area contributed by atoms with E-state index in [1.807, 2.05) is 31.2 Å². The molecule has 2 aromatic carbocycles. The molecule has 0 aromatic heterocycles. The summed E-state index contributed by atoms with van der Waals surface area (Å²) in [5.41, 5.74) is 8.13. The predicted octanol–water partition coefficient (Wildman–Crippen LogP) is 3.60. The van der Waals surface area contributed by atoms with E-state index in [0.717, 1.165) is 11.3 Å². The van der Waals surface area contributed by atoms with Crippen molar-refractivity contribution in [3.05, 3.63) is 65.5 Å². The number of hydrogen-bond acceptors (Lipinski definition) is 2. The van der Waals surface area contributed by atoms with Crippen molar-refractivity contribution in [2.24, 2.45) is 5.73 Å². The van der Waals surface area contributed by atoms with Crippen LogP contribution in [0.4, 0.5) is 4.39 Å². The summed E-state index contributed by atoms with van der Waals surface area (Å²) in [7, 11) is 0. The summed E-state index contributed by atoms with van der Waals surface area (Å²) in [6.07, 6.45) is 0.694. The molecule has 0 spiro atoms. The summed E-state index contributed by atoms with van der Waals surface area (Å²) in [5, 5.41) is 0. The van der Waals surface area contributed by atoms with Gasteiger partial charge in [-0.1, -0.05) is 24.3 Å². The highest BCUT2D eigenvalue weighted by Gasteiger charge is 2.06. The fourth-order valence-electron chi connectivity index (χ4n) is 1.89. The van der Waals surface area contributed by atoms with Crippen molar-refractivity contribution in [3.8, 4) is 5.75 Å². The van der Waals surface area contributed by atoms with Crippen LogP contribution >= 0.6 is 0 Å². The Bertz CT molecular complexity index is 525. The topological polar surface area (TPSA) is 35.2 Å². The Balaban J connectivity index is 1.84. The van der Waals surface area contributed by atoms with E-state index in [9.17, 15) is 4.39 Å². The highest BCUT2D eigenvalue weighted by molar-refractivity contribution is 5.27. The SMILES string of the molecule is Cc1cccc(OCCC(N)c2ccc(F)cc2)c1. The highest BCUT2D eigenvalue weighted by atomic mass is 19.1. The molecule has 19 heavy (non-hydrogen) atoms. The molecule has 0 bridgehead atoms. The van der Waals surface area contributed by atoms with Crippen molar-refractivity contribution in [2.75, 3.05) is 6.61 Å². The molecule has 0 heterocycles. The fraction of sp³-hybridized carbons (Fsp3) is 0.250. The summed E-state index contributed by atoms with van der Waals surface area (Å²) < 4.78 is 18.4. The monoisotopic (exact) mass is 259 g/mol. The van der Waals surface area contributed by atoms with E-state index in [-0.39, 0.29) is 11.9 Å². The van der Waals surface area contributed by atoms with Crippen LogP contribution in [0.1, 0.15) is 23.6 Å². The van der Waals surface area contributed by atoms with Crippen LogP contribution in [0.15, 0.2) is 48.5 Å². The fourth-order valence-corrected chi connectivity index (χ4v) is 1.89. The summed E-state index contributed by atoms with van der Waals surface area (Å²) in [5.74, 6) is 0.610. The Morgan fingerprint density at radius 3 is 2.58 bits per heavy atom. The lowest BCUT2D eigenvalue weighted by Crippen LogP contribution is -2.14. The first kappa shape index (κ1) is 13.6. The largest absolute Gasteiger partial charge is 0.494 e. The Kier molecular flexibility index (Phi) is 4.53. The third kappa shape index (κ3) is 4.07. The summed E-state index contributed by atoms with van der Waals surface area (Å²) in [4.78, 5) is 0. The van der Waals surface area contributed by atoms with Gasteiger partial charge in [-0.25, -0.2) is 4.39 Å². The third-order valence-electron chi connectivity index (χ3n) is 2.99. The molecule has 1 unspecified atom stereocenters.